The van der Waals surface area contributed by atoms with Gasteiger partial charge >= 0.3 is 0 Å². The molecule has 0 radical (unpaired) electrons. The fraction of sp³-hybridized carbons (Fsp3) is 0.286. The maximum atomic E-state index is 12.9. The monoisotopic (exact) mass is 320 g/mol. The summed E-state index contributed by atoms with van der Waals surface area (Å²) in [7, 11) is 0. The van der Waals surface area contributed by atoms with Crippen molar-refractivity contribution in [1.29, 1.82) is 0 Å². The Morgan fingerprint density at radius 1 is 1.17 bits per heavy atom. The van der Waals surface area contributed by atoms with Crippen LogP contribution in [0.2, 0.25) is 0 Å². The Hall–Kier alpha value is -2.39. The van der Waals surface area contributed by atoms with E-state index in [1.165, 1.54) is 0 Å². The quantitative estimate of drug-likeness (QED) is 0.865. The molecule has 2 aliphatic carbocycles. The van der Waals surface area contributed by atoms with Crippen LogP contribution >= 0.6 is 0 Å². The summed E-state index contributed by atoms with van der Waals surface area (Å²) in [6.45, 7) is 3.92. The third-order valence-corrected chi connectivity index (χ3v) is 4.78. The Labute approximate surface area is 141 Å². The molecule has 122 valence electrons. The molecule has 2 aromatic rings. The van der Waals surface area contributed by atoms with Crippen LogP contribution in [0.15, 0.2) is 65.9 Å². The van der Waals surface area contributed by atoms with E-state index in [-0.39, 0.29) is 17.8 Å². The Balaban J connectivity index is 1.68. The van der Waals surface area contributed by atoms with Crippen LogP contribution in [-0.2, 0) is 4.74 Å². The Morgan fingerprint density at radius 2 is 1.92 bits per heavy atom. The lowest BCUT2D eigenvalue weighted by Gasteiger charge is -2.21. The van der Waals surface area contributed by atoms with Gasteiger partial charge in [-0.2, -0.15) is 0 Å². The molecule has 1 fully saturated rings. The number of carbonyl (C=O) groups excluding carboxylic acids is 1. The number of allylic oxidation sites excluding steroid dienone is 2. The summed E-state index contributed by atoms with van der Waals surface area (Å²) in [4.78, 5) is 12.9. The fourth-order valence-electron chi connectivity index (χ4n) is 3.46. The molecular formula is C21H20O3. The first-order valence-corrected chi connectivity index (χ1v) is 8.34. The lowest BCUT2D eigenvalue weighted by Crippen LogP contribution is -2.25. The van der Waals surface area contributed by atoms with E-state index < -0.39 is 5.60 Å². The number of carbonyl (C=O) groups is 1. The van der Waals surface area contributed by atoms with Gasteiger partial charge in [0, 0.05) is 11.1 Å². The minimum Gasteiger partial charge on any atom is -0.495 e. The standard InChI is InChI=1S/C21H20O3/c1-13(2)24-19-10-9-17(21(23)12-18(19)21)20(22)16-8-7-14-5-3-4-6-15(14)11-16/h3-11,13,18,23H,12H2,1-2H3. The number of aliphatic hydroxyl groups is 1. The molecule has 2 aliphatic rings. The second kappa shape index (κ2) is 5.32. The zero-order valence-electron chi connectivity index (χ0n) is 13.8. The van der Waals surface area contributed by atoms with E-state index in [2.05, 4.69) is 0 Å². The third kappa shape index (κ3) is 2.36. The molecule has 0 aliphatic heterocycles. The Kier molecular flexibility index (Phi) is 3.36. The minimum atomic E-state index is -1.07. The zero-order valence-corrected chi connectivity index (χ0v) is 13.8. The van der Waals surface area contributed by atoms with Crippen LogP contribution in [0.5, 0.6) is 0 Å². The van der Waals surface area contributed by atoms with Crippen molar-refractivity contribution >= 4 is 16.6 Å². The van der Waals surface area contributed by atoms with Crippen LogP contribution in [0.3, 0.4) is 0 Å². The highest BCUT2D eigenvalue weighted by molar-refractivity contribution is 6.12. The first kappa shape index (κ1) is 15.2. The van der Waals surface area contributed by atoms with Gasteiger partial charge < -0.3 is 9.84 Å². The largest absolute Gasteiger partial charge is 0.495 e. The number of ketones is 1. The minimum absolute atomic E-state index is 0.0623. The van der Waals surface area contributed by atoms with Gasteiger partial charge in [-0.05, 0) is 49.3 Å². The molecule has 0 amide bonds. The van der Waals surface area contributed by atoms with E-state index in [9.17, 15) is 9.90 Å². The van der Waals surface area contributed by atoms with Crippen LogP contribution in [0.1, 0.15) is 30.6 Å². The number of benzene rings is 2. The Morgan fingerprint density at radius 3 is 2.67 bits per heavy atom. The highest BCUT2D eigenvalue weighted by Gasteiger charge is 2.61. The average Bonchev–Trinajstić information content (AvgIpc) is 3.27. The first-order valence-electron chi connectivity index (χ1n) is 8.34. The van der Waals surface area contributed by atoms with Gasteiger partial charge in [0.2, 0.25) is 0 Å². The molecule has 1 N–H and O–H groups in total. The zero-order chi connectivity index (χ0) is 16.9. The van der Waals surface area contributed by atoms with Crippen molar-refractivity contribution in [2.45, 2.75) is 32.0 Å². The summed E-state index contributed by atoms with van der Waals surface area (Å²) >= 11 is 0. The summed E-state index contributed by atoms with van der Waals surface area (Å²) in [5.41, 5.74) is 0.0152. The summed E-state index contributed by atoms with van der Waals surface area (Å²) in [5, 5.41) is 13.0. The molecule has 0 spiro atoms. The number of hydrogen-bond donors (Lipinski definition) is 1. The molecule has 0 aromatic heterocycles. The lowest BCUT2D eigenvalue weighted by atomic mass is 9.91. The van der Waals surface area contributed by atoms with Crippen molar-refractivity contribution in [3.8, 4) is 0 Å². The van der Waals surface area contributed by atoms with Crippen LogP contribution in [-0.4, -0.2) is 22.6 Å². The van der Waals surface area contributed by atoms with E-state index in [0.717, 1.165) is 16.5 Å². The smallest absolute Gasteiger partial charge is 0.191 e. The van der Waals surface area contributed by atoms with E-state index in [1.807, 2.05) is 62.4 Å². The molecule has 2 atom stereocenters. The number of ether oxygens (including phenoxy) is 1. The van der Waals surface area contributed by atoms with Crippen molar-refractivity contribution in [3.05, 3.63) is 71.5 Å². The van der Waals surface area contributed by atoms with Gasteiger partial charge in [-0.3, -0.25) is 4.79 Å². The second-order valence-electron chi connectivity index (χ2n) is 6.89. The van der Waals surface area contributed by atoms with Crippen molar-refractivity contribution in [1.82, 2.24) is 0 Å². The van der Waals surface area contributed by atoms with Crippen LogP contribution < -0.4 is 0 Å². The molecule has 2 unspecified atom stereocenters. The van der Waals surface area contributed by atoms with E-state index in [4.69, 9.17) is 4.74 Å². The highest BCUT2D eigenvalue weighted by atomic mass is 16.5. The summed E-state index contributed by atoms with van der Waals surface area (Å²) in [6, 6.07) is 13.6. The molecule has 24 heavy (non-hydrogen) atoms. The molecule has 3 nitrogen and oxygen atoms in total. The maximum Gasteiger partial charge on any atom is 0.191 e. The molecule has 0 heterocycles. The third-order valence-electron chi connectivity index (χ3n) is 4.78. The summed E-state index contributed by atoms with van der Waals surface area (Å²) in [6.07, 6.45) is 4.17. The molecule has 0 saturated heterocycles. The number of fused-ring (bicyclic) bond motifs is 2. The molecule has 4 rings (SSSR count). The number of rotatable bonds is 4. The van der Waals surface area contributed by atoms with Crippen LogP contribution in [0.4, 0.5) is 0 Å². The van der Waals surface area contributed by atoms with Gasteiger partial charge in [-0.15, -0.1) is 0 Å². The van der Waals surface area contributed by atoms with E-state index in [1.54, 1.807) is 6.08 Å². The van der Waals surface area contributed by atoms with Gasteiger partial charge in [0.15, 0.2) is 5.78 Å². The van der Waals surface area contributed by atoms with Crippen molar-refractivity contribution < 1.29 is 14.6 Å². The topological polar surface area (TPSA) is 46.5 Å². The predicted octanol–water partition coefficient (Wildman–Crippen LogP) is 4.02. The maximum absolute atomic E-state index is 12.9. The van der Waals surface area contributed by atoms with Gasteiger partial charge in [0.05, 0.1) is 12.0 Å². The molecule has 0 bridgehead atoms. The van der Waals surface area contributed by atoms with Crippen LogP contribution in [0.25, 0.3) is 10.8 Å². The second-order valence-corrected chi connectivity index (χ2v) is 6.89. The van der Waals surface area contributed by atoms with Gasteiger partial charge in [-0.25, -0.2) is 0 Å². The van der Waals surface area contributed by atoms with Crippen molar-refractivity contribution in [2.24, 2.45) is 5.92 Å². The highest BCUT2D eigenvalue weighted by Crippen LogP contribution is 2.56. The molecule has 2 aromatic carbocycles. The summed E-state index contributed by atoms with van der Waals surface area (Å²) in [5.74, 6) is 0.581. The molecule has 1 saturated carbocycles. The van der Waals surface area contributed by atoms with Gasteiger partial charge in [0.25, 0.3) is 0 Å². The average molecular weight is 320 g/mol. The fourth-order valence-corrected chi connectivity index (χ4v) is 3.46. The number of hydrogen-bond acceptors (Lipinski definition) is 3. The predicted molar refractivity (Wildman–Crippen MR) is 93.7 cm³/mol. The SMILES string of the molecule is CC(C)OC1=CC=C(C(=O)c2ccc3ccccc3c2)C2(O)CC12. The normalized spacial score (nSPS) is 25.1. The van der Waals surface area contributed by atoms with Gasteiger partial charge in [0.1, 0.15) is 11.4 Å². The van der Waals surface area contributed by atoms with E-state index in [0.29, 0.717) is 17.6 Å². The lowest BCUT2D eigenvalue weighted by molar-refractivity contribution is 0.0893. The van der Waals surface area contributed by atoms with Crippen LogP contribution in [0, 0.1) is 5.92 Å². The van der Waals surface area contributed by atoms with Crippen molar-refractivity contribution in [2.75, 3.05) is 0 Å². The molecular weight excluding hydrogens is 300 g/mol. The Bertz CT molecular complexity index is 891. The van der Waals surface area contributed by atoms with Gasteiger partial charge in [-0.1, -0.05) is 36.4 Å². The first-order chi connectivity index (χ1) is 11.5. The number of Topliss-reactive ketones (excluding diaryl/α,β-unsaturated/α-hetero) is 1. The van der Waals surface area contributed by atoms with Crippen molar-refractivity contribution in [3.63, 3.8) is 0 Å². The summed E-state index contributed by atoms with van der Waals surface area (Å²) < 4.78 is 5.75. The van der Waals surface area contributed by atoms with E-state index >= 15 is 0 Å². The molecule has 3 heteroatoms.